The number of hydrogen-bond acceptors (Lipinski definition) is 5. The molecule has 1 amide bonds. The summed E-state index contributed by atoms with van der Waals surface area (Å²) in [5, 5.41) is 2.95. The lowest BCUT2D eigenvalue weighted by Gasteiger charge is -2.28. The van der Waals surface area contributed by atoms with Crippen molar-refractivity contribution in [1.29, 1.82) is 0 Å². The molecule has 0 saturated carbocycles. The van der Waals surface area contributed by atoms with Gasteiger partial charge in [-0.15, -0.1) is 0 Å². The smallest absolute Gasteiger partial charge is 0.325 e. The second-order valence-electron chi connectivity index (χ2n) is 9.61. The van der Waals surface area contributed by atoms with Crippen LogP contribution in [0.15, 0.2) is 47.5 Å². The van der Waals surface area contributed by atoms with Crippen LogP contribution in [0, 0.1) is 5.41 Å². The van der Waals surface area contributed by atoms with E-state index in [1.807, 2.05) is 20.8 Å². The number of amides is 1. The van der Waals surface area contributed by atoms with Gasteiger partial charge in [-0.25, -0.2) is 4.98 Å². The fraction of sp³-hybridized carbons (Fsp3) is 0.360. The Morgan fingerprint density at radius 2 is 1.86 bits per heavy atom. The largest absolute Gasteiger partial charge is 0.416 e. The van der Waals surface area contributed by atoms with Crippen molar-refractivity contribution in [3.63, 3.8) is 0 Å². The predicted molar refractivity (Wildman–Crippen MR) is 125 cm³/mol. The van der Waals surface area contributed by atoms with Gasteiger partial charge in [0, 0.05) is 60.7 Å². The predicted octanol–water partition coefficient (Wildman–Crippen LogP) is 4.39. The van der Waals surface area contributed by atoms with Crippen LogP contribution < -0.4 is 10.9 Å². The molecular formula is C25H26F3N5O2. The third-order valence-corrected chi connectivity index (χ3v) is 5.86. The zero-order chi connectivity index (χ0) is 25.4. The second kappa shape index (κ2) is 9.26. The van der Waals surface area contributed by atoms with Crippen molar-refractivity contribution in [3.8, 4) is 11.4 Å². The van der Waals surface area contributed by atoms with Crippen molar-refractivity contribution < 1.29 is 18.0 Å². The van der Waals surface area contributed by atoms with Gasteiger partial charge in [-0.3, -0.25) is 19.5 Å². The van der Waals surface area contributed by atoms with E-state index >= 15 is 0 Å². The first-order chi connectivity index (χ1) is 16.4. The molecule has 1 aliphatic heterocycles. The third kappa shape index (κ3) is 5.59. The van der Waals surface area contributed by atoms with E-state index in [4.69, 9.17) is 0 Å². The summed E-state index contributed by atoms with van der Waals surface area (Å²) >= 11 is 0. The SMILES string of the molecule is CC(C)(C)C(=O)Nc1ccncc1CN1CCc2nc(-c3ccc(C(F)(F)F)cc3)[nH]c(=O)c2C1. The fourth-order valence-electron chi connectivity index (χ4n) is 3.80. The van der Waals surface area contributed by atoms with Gasteiger partial charge in [0.2, 0.25) is 5.91 Å². The highest BCUT2D eigenvalue weighted by Crippen LogP contribution is 2.30. The average Bonchev–Trinajstić information content (AvgIpc) is 2.79. The van der Waals surface area contributed by atoms with Crippen molar-refractivity contribution in [2.24, 2.45) is 5.41 Å². The van der Waals surface area contributed by atoms with Crippen LogP contribution in [0.3, 0.4) is 0 Å². The molecule has 1 aliphatic rings. The highest BCUT2D eigenvalue weighted by molar-refractivity contribution is 5.95. The first kappa shape index (κ1) is 24.6. The average molecular weight is 486 g/mol. The van der Waals surface area contributed by atoms with E-state index in [-0.39, 0.29) is 17.3 Å². The van der Waals surface area contributed by atoms with E-state index in [0.717, 1.165) is 17.7 Å². The molecule has 0 fully saturated rings. The van der Waals surface area contributed by atoms with Gasteiger partial charge in [0.25, 0.3) is 5.56 Å². The molecule has 184 valence electrons. The van der Waals surface area contributed by atoms with Crippen LogP contribution in [0.5, 0.6) is 0 Å². The molecule has 0 spiro atoms. The number of anilines is 1. The maximum atomic E-state index is 12.8. The normalized spacial score (nSPS) is 14.5. The Morgan fingerprint density at radius 3 is 2.51 bits per heavy atom. The molecule has 2 N–H and O–H groups in total. The molecule has 0 radical (unpaired) electrons. The number of rotatable bonds is 4. The first-order valence-corrected chi connectivity index (χ1v) is 11.2. The number of H-pyrrole nitrogens is 1. The van der Waals surface area contributed by atoms with E-state index < -0.39 is 17.2 Å². The zero-order valence-electron chi connectivity index (χ0n) is 19.7. The number of aromatic amines is 1. The molecule has 4 rings (SSSR count). The minimum absolute atomic E-state index is 0.106. The van der Waals surface area contributed by atoms with E-state index in [9.17, 15) is 22.8 Å². The van der Waals surface area contributed by atoms with Gasteiger partial charge in [0.15, 0.2) is 0 Å². The standard InChI is InChI=1S/C25H26F3N5O2/c1-24(2,3)23(35)31-19-8-10-29-12-16(19)13-33-11-9-20-18(14-33)22(34)32-21(30-20)15-4-6-17(7-5-15)25(26,27)28/h4-8,10,12H,9,11,13-14H2,1-3H3,(H,29,31,35)(H,30,32,34). The second-order valence-corrected chi connectivity index (χ2v) is 9.61. The maximum absolute atomic E-state index is 12.8. The van der Waals surface area contributed by atoms with Crippen LogP contribution in [-0.4, -0.2) is 32.3 Å². The van der Waals surface area contributed by atoms with E-state index in [1.165, 1.54) is 12.1 Å². The molecule has 0 atom stereocenters. The quantitative estimate of drug-likeness (QED) is 0.572. The first-order valence-electron chi connectivity index (χ1n) is 11.2. The van der Waals surface area contributed by atoms with Gasteiger partial charge in [-0.2, -0.15) is 13.2 Å². The van der Waals surface area contributed by atoms with Gasteiger partial charge in [-0.1, -0.05) is 32.9 Å². The molecule has 0 aliphatic carbocycles. The number of halogens is 3. The molecule has 0 unspecified atom stereocenters. The van der Waals surface area contributed by atoms with Crippen LogP contribution in [0.1, 0.15) is 43.2 Å². The van der Waals surface area contributed by atoms with Gasteiger partial charge in [0.05, 0.1) is 16.8 Å². The van der Waals surface area contributed by atoms with Crippen LogP contribution in [0.25, 0.3) is 11.4 Å². The Balaban J connectivity index is 1.52. The number of nitrogens with one attached hydrogen (secondary N) is 2. The Kier molecular flexibility index (Phi) is 6.50. The molecule has 35 heavy (non-hydrogen) atoms. The van der Waals surface area contributed by atoms with Crippen molar-refractivity contribution in [1.82, 2.24) is 19.9 Å². The molecular weight excluding hydrogens is 459 g/mol. The topological polar surface area (TPSA) is 91.0 Å². The lowest BCUT2D eigenvalue weighted by atomic mass is 9.95. The number of alkyl halides is 3. The van der Waals surface area contributed by atoms with Crippen LogP contribution >= 0.6 is 0 Å². The summed E-state index contributed by atoms with van der Waals surface area (Å²) in [7, 11) is 0. The lowest BCUT2D eigenvalue weighted by molar-refractivity contribution is -0.137. The number of hydrogen-bond donors (Lipinski definition) is 2. The summed E-state index contributed by atoms with van der Waals surface area (Å²) < 4.78 is 38.5. The van der Waals surface area contributed by atoms with E-state index in [1.54, 1.807) is 18.5 Å². The Hall–Kier alpha value is -3.53. The molecule has 3 heterocycles. The van der Waals surface area contributed by atoms with Crippen LogP contribution in [0.4, 0.5) is 18.9 Å². The van der Waals surface area contributed by atoms with Gasteiger partial charge >= 0.3 is 6.18 Å². The number of carbonyl (C=O) groups is 1. The van der Waals surface area contributed by atoms with Crippen molar-refractivity contribution in [2.75, 3.05) is 11.9 Å². The van der Waals surface area contributed by atoms with E-state index in [2.05, 4.69) is 25.2 Å². The Morgan fingerprint density at radius 1 is 1.14 bits per heavy atom. The molecule has 2 aromatic heterocycles. The number of carbonyl (C=O) groups excluding carboxylic acids is 1. The number of aromatic nitrogens is 3. The van der Waals surface area contributed by atoms with Crippen molar-refractivity contribution >= 4 is 11.6 Å². The summed E-state index contributed by atoms with van der Waals surface area (Å²) in [5.74, 6) is 0.140. The molecule has 1 aromatic carbocycles. The summed E-state index contributed by atoms with van der Waals surface area (Å²) in [6.07, 6.45) is -0.603. The van der Waals surface area contributed by atoms with Crippen LogP contribution in [0.2, 0.25) is 0 Å². The number of benzene rings is 1. The third-order valence-electron chi connectivity index (χ3n) is 5.86. The van der Waals surface area contributed by atoms with Gasteiger partial charge in [0.1, 0.15) is 5.82 Å². The van der Waals surface area contributed by atoms with Gasteiger partial charge in [-0.05, 0) is 18.2 Å². The monoisotopic (exact) mass is 485 g/mol. The van der Waals surface area contributed by atoms with Crippen molar-refractivity contribution in [3.05, 3.63) is 75.5 Å². The number of fused-ring (bicyclic) bond motifs is 1. The van der Waals surface area contributed by atoms with Crippen molar-refractivity contribution in [2.45, 2.75) is 46.5 Å². The maximum Gasteiger partial charge on any atom is 0.416 e. The number of pyridine rings is 1. The molecule has 10 heteroatoms. The summed E-state index contributed by atoms with van der Waals surface area (Å²) in [6, 6.07) is 6.30. The summed E-state index contributed by atoms with van der Waals surface area (Å²) in [5.41, 5.74) is 1.45. The highest BCUT2D eigenvalue weighted by atomic mass is 19.4. The molecule has 3 aromatic rings. The summed E-state index contributed by atoms with van der Waals surface area (Å²) in [4.78, 5) is 38.8. The fourth-order valence-corrected chi connectivity index (χ4v) is 3.80. The molecule has 0 saturated heterocycles. The van der Waals surface area contributed by atoms with Crippen LogP contribution in [-0.2, 0) is 30.5 Å². The molecule has 0 bridgehead atoms. The highest BCUT2D eigenvalue weighted by Gasteiger charge is 2.30. The lowest BCUT2D eigenvalue weighted by Crippen LogP contribution is -2.36. The Bertz CT molecular complexity index is 1290. The summed E-state index contributed by atoms with van der Waals surface area (Å²) in [6.45, 7) is 6.96. The van der Waals surface area contributed by atoms with Gasteiger partial charge < -0.3 is 10.3 Å². The Labute approximate surface area is 200 Å². The molecule has 7 nitrogen and oxygen atoms in total. The van der Waals surface area contributed by atoms with E-state index in [0.29, 0.717) is 48.6 Å². The zero-order valence-corrected chi connectivity index (χ0v) is 19.7. The number of nitrogens with zero attached hydrogens (tertiary/aromatic N) is 3. The minimum atomic E-state index is -4.43. The minimum Gasteiger partial charge on any atom is -0.325 e.